The Morgan fingerprint density at radius 3 is 2.71 bits per heavy atom. The van der Waals surface area contributed by atoms with E-state index in [1.165, 1.54) is 23.0 Å². The van der Waals surface area contributed by atoms with E-state index >= 15 is 0 Å². The average molecular weight is 546 g/mol. The van der Waals surface area contributed by atoms with Gasteiger partial charge in [-0.05, 0) is 37.5 Å². The highest BCUT2D eigenvalue weighted by atomic mass is 32.2. The summed E-state index contributed by atoms with van der Waals surface area (Å²) in [5.74, 6) is 0.527. The summed E-state index contributed by atoms with van der Waals surface area (Å²) in [6.45, 7) is 2.43. The Hall–Kier alpha value is -3.13. The predicted octanol–water partition coefficient (Wildman–Crippen LogP) is 2.88. The molecule has 4 atom stereocenters. The Bertz CT molecular complexity index is 1510. The lowest BCUT2D eigenvalue weighted by atomic mass is 10.1. The zero-order valence-electron chi connectivity index (χ0n) is 21.0. The monoisotopic (exact) mass is 545 g/mol. The van der Waals surface area contributed by atoms with Crippen LogP contribution >= 0.6 is 0 Å². The molecule has 0 aliphatic carbocycles. The molecular weight excluding hydrogens is 517 g/mol. The maximum absolute atomic E-state index is 14.3. The molecule has 13 heteroatoms. The molecule has 202 valence electrons. The summed E-state index contributed by atoms with van der Waals surface area (Å²) in [5, 5.41) is 7.43. The molecule has 0 bridgehead atoms. The van der Waals surface area contributed by atoms with Gasteiger partial charge in [0.2, 0.25) is 0 Å². The third-order valence-corrected chi connectivity index (χ3v) is 9.58. The fourth-order valence-corrected chi connectivity index (χ4v) is 7.33. The van der Waals surface area contributed by atoms with Crippen LogP contribution in [-0.2, 0) is 23.9 Å². The number of carbonyl (C=O) groups is 1. The number of nitrogens with one attached hydrogen (secondary N) is 1. The van der Waals surface area contributed by atoms with Gasteiger partial charge in [0.05, 0.1) is 34.2 Å². The van der Waals surface area contributed by atoms with Gasteiger partial charge in [-0.15, -0.1) is 0 Å². The smallest absolute Gasteiger partial charge is 0.287 e. The number of aromatic nitrogens is 3. The lowest BCUT2D eigenvalue weighted by molar-refractivity contribution is -0.0138. The molecule has 1 aromatic carbocycles. The molecule has 3 fully saturated rings. The van der Waals surface area contributed by atoms with E-state index in [9.17, 15) is 13.4 Å². The Morgan fingerprint density at radius 2 is 1.95 bits per heavy atom. The van der Waals surface area contributed by atoms with Gasteiger partial charge < -0.3 is 24.3 Å². The first-order valence-electron chi connectivity index (χ1n) is 12.4. The Kier molecular flexibility index (Phi) is 6.54. The predicted molar refractivity (Wildman–Crippen MR) is 136 cm³/mol. The number of hydrogen-bond acceptors (Lipinski definition) is 9. The Balaban J connectivity index is 1.30. The molecule has 2 aromatic heterocycles. The van der Waals surface area contributed by atoms with Gasteiger partial charge >= 0.3 is 0 Å². The molecule has 0 radical (unpaired) electrons. The number of carbonyl (C=O) groups excluding carboxylic acids is 1. The van der Waals surface area contributed by atoms with Crippen LogP contribution in [0.2, 0.25) is 0 Å². The summed E-state index contributed by atoms with van der Waals surface area (Å²) < 4.78 is 55.9. The Morgan fingerprint density at radius 1 is 1.21 bits per heavy atom. The molecule has 3 saturated heterocycles. The maximum Gasteiger partial charge on any atom is 0.287 e. The van der Waals surface area contributed by atoms with Gasteiger partial charge in [0.25, 0.3) is 5.91 Å². The van der Waals surface area contributed by atoms with E-state index in [1.807, 2.05) is 0 Å². The zero-order valence-corrected chi connectivity index (χ0v) is 21.8. The standard InChI is InChI=1S/C25H28FN5O6S/c1-14-16(25(32)30-38(33)7-3-4-8-38)10-31-21(14)24(27-13-28-31)29-17-6-5-15(26)9-18(17)37-20-12-36-22-19(34-2)11-35-23(20)22/h5-6,9-10,13,19-20,22-23H,3-4,7-8,11-12H2,1-2H3,(H,27,28,29)/t19-,20-,22-,23-/m1/s1. The van der Waals surface area contributed by atoms with Crippen LogP contribution in [0.5, 0.6) is 5.75 Å². The largest absolute Gasteiger partial charge is 0.483 e. The van der Waals surface area contributed by atoms with Crippen LogP contribution in [0.25, 0.3) is 5.52 Å². The highest BCUT2D eigenvalue weighted by Crippen LogP contribution is 2.36. The minimum absolute atomic E-state index is 0.180. The second-order valence-corrected chi connectivity index (χ2v) is 12.2. The molecule has 1 N–H and O–H groups in total. The quantitative estimate of drug-likeness (QED) is 0.498. The van der Waals surface area contributed by atoms with Crippen LogP contribution in [0.15, 0.2) is 35.1 Å². The first kappa shape index (κ1) is 25.2. The SMILES string of the molecule is CO[C@@H]1CO[C@H]2[C@@H]1OC[C@H]2Oc1cc(F)ccc1Nc1ncnn2cc(C(=O)N=S3(=O)CCCC3)c(C)c12. The molecule has 11 nitrogen and oxygen atoms in total. The van der Waals surface area contributed by atoms with E-state index in [2.05, 4.69) is 19.8 Å². The molecule has 6 rings (SSSR count). The summed E-state index contributed by atoms with van der Waals surface area (Å²) in [6.07, 6.45) is 3.30. The number of benzene rings is 1. The van der Waals surface area contributed by atoms with Gasteiger partial charge in [-0.2, -0.15) is 9.46 Å². The number of anilines is 2. The van der Waals surface area contributed by atoms with Crippen molar-refractivity contribution < 1.29 is 32.3 Å². The minimum Gasteiger partial charge on any atom is -0.483 e. The second kappa shape index (κ2) is 9.88. The normalized spacial score (nSPS) is 26.0. The van der Waals surface area contributed by atoms with Gasteiger partial charge in [0, 0.05) is 30.9 Å². The number of nitrogens with zero attached hydrogens (tertiary/aromatic N) is 4. The van der Waals surface area contributed by atoms with Crippen molar-refractivity contribution in [1.29, 1.82) is 0 Å². The number of ether oxygens (including phenoxy) is 4. The van der Waals surface area contributed by atoms with Crippen molar-refractivity contribution >= 4 is 32.7 Å². The second-order valence-electron chi connectivity index (χ2n) is 9.65. The van der Waals surface area contributed by atoms with Gasteiger partial charge in [-0.3, -0.25) is 4.79 Å². The van der Waals surface area contributed by atoms with Crippen LogP contribution in [0.1, 0.15) is 28.8 Å². The summed E-state index contributed by atoms with van der Waals surface area (Å²) in [4.78, 5) is 17.3. The first-order chi connectivity index (χ1) is 18.3. The van der Waals surface area contributed by atoms with Crippen molar-refractivity contribution in [3.8, 4) is 5.75 Å². The van der Waals surface area contributed by atoms with Crippen molar-refractivity contribution in [1.82, 2.24) is 14.6 Å². The van der Waals surface area contributed by atoms with Crippen molar-refractivity contribution in [2.45, 2.75) is 44.2 Å². The number of aryl methyl sites for hydroxylation is 1. The van der Waals surface area contributed by atoms with Crippen LogP contribution in [0.3, 0.4) is 0 Å². The molecule has 0 unspecified atom stereocenters. The van der Waals surface area contributed by atoms with Gasteiger partial charge in [0.15, 0.2) is 11.9 Å². The third-order valence-electron chi connectivity index (χ3n) is 7.22. The average Bonchev–Trinajstić information content (AvgIpc) is 3.66. The summed E-state index contributed by atoms with van der Waals surface area (Å²) in [7, 11) is -0.905. The minimum atomic E-state index is -2.51. The molecule has 3 aliphatic heterocycles. The number of methoxy groups -OCH3 is 1. The molecule has 0 spiro atoms. The molecule has 3 aliphatic rings. The molecule has 38 heavy (non-hydrogen) atoms. The number of amides is 1. The fourth-order valence-electron chi connectivity index (χ4n) is 5.24. The van der Waals surface area contributed by atoms with Crippen LogP contribution in [0, 0.1) is 12.7 Å². The molecular formula is C25H28FN5O6S. The molecule has 5 heterocycles. The van der Waals surface area contributed by atoms with E-state index in [-0.39, 0.29) is 30.7 Å². The third kappa shape index (κ3) is 4.53. The lowest BCUT2D eigenvalue weighted by Gasteiger charge is -2.20. The van der Waals surface area contributed by atoms with Crippen molar-refractivity contribution in [3.63, 3.8) is 0 Å². The number of fused-ring (bicyclic) bond motifs is 2. The van der Waals surface area contributed by atoms with E-state index in [0.717, 1.165) is 12.8 Å². The summed E-state index contributed by atoms with van der Waals surface area (Å²) >= 11 is 0. The van der Waals surface area contributed by atoms with Gasteiger partial charge in [-0.25, -0.2) is 18.1 Å². The zero-order chi connectivity index (χ0) is 26.4. The molecule has 3 aromatic rings. The molecule has 1 amide bonds. The number of hydrogen-bond donors (Lipinski definition) is 1. The maximum atomic E-state index is 14.3. The van der Waals surface area contributed by atoms with Crippen LogP contribution in [-0.4, -0.2) is 81.0 Å². The van der Waals surface area contributed by atoms with Crippen molar-refractivity contribution in [3.05, 3.63) is 47.7 Å². The fraction of sp³-hybridized carbons (Fsp3) is 0.480. The summed E-state index contributed by atoms with van der Waals surface area (Å²) in [5.41, 5.74) is 1.89. The lowest BCUT2D eigenvalue weighted by Crippen LogP contribution is -2.35. The van der Waals surface area contributed by atoms with Crippen molar-refractivity contribution in [2.24, 2.45) is 4.36 Å². The highest BCUT2D eigenvalue weighted by Gasteiger charge is 2.49. The van der Waals surface area contributed by atoms with Crippen molar-refractivity contribution in [2.75, 3.05) is 37.1 Å². The first-order valence-corrected chi connectivity index (χ1v) is 14.3. The van der Waals surface area contributed by atoms with E-state index in [0.29, 0.717) is 46.3 Å². The van der Waals surface area contributed by atoms with E-state index in [1.54, 1.807) is 26.3 Å². The van der Waals surface area contributed by atoms with Crippen LogP contribution in [0.4, 0.5) is 15.9 Å². The Labute approximate surface area is 218 Å². The van der Waals surface area contributed by atoms with Crippen LogP contribution < -0.4 is 10.1 Å². The van der Waals surface area contributed by atoms with E-state index < -0.39 is 27.6 Å². The number of halogens is 1. The van der Waals surface area contributed by atoms with Gasteiger partial charge in [0.1, 0.15) is 41.7 Å². The van der Waals surface area contributed by atoms with E-state index in [4.69, 9.17) is 18.9 Å². The summed E-state index contributed by atoms with van der Waals surface area (Å²) in [6, 6.07) is 4.15. The highest BCUT2D eigenvalue weighted by molar-refractivity contribution is 7.94. The van der Waals surface area contributed by atoms with Gasteiger partial charge in [-0.1, -0.05) is 0 Å². The topological polar surface area (TPSA) is 126 Å². The number of rotatable bonds is 6. The molecule has 0 saturated carbocycles.